The second kappa shape index (κ2) is 12.3. The van der Waals surface area contributed by atoms with Crippen LogP contribution in [0.3, 0.4) is 0 Å². The molecule has 1 heterocycles. The predicted molar refractivity (Wildman–Crippen MR) is 125 cm³/mol. The maximum atomic E-state index is 12.2. The number of piperazine rings is 1. The summed E-state index contributed by atoms with van der Waals surface area (Å²) in [6.45, 7) is 7.55. The van der Waals surface area contributed by atoms with Gasteiger partial charge in [-0.1, -0.05) is 73.3 Å². The fourth-order valence-corrected chi connectivity index (χ4v) is 3.84. The van der Waals surface area contributed by atoms with Gasteiger partial charge in [-0.2, -0.15) is 0 Å². The summed E-state index contributed by atoms with van der Waals surface area (Å²) < 4.78 is 0. The molecule has 158 valence electrons. The molecule has 1 aliphatic rings. The average Bonchev–Trinajstić information content (AvgIpc) is 2.69. The van der Waals surface area contributed by atoms with E-state index < -0.39 is 0 Å². The van der Waals surface area contributed by atoms with Gasteiger partial charge in [-0.25, -0.2) is 0 Å². The standard InChI is InChI=1S/C17H24Cl2N2O.C6H5Cl/c1-13(2)4-3-5-17(22)21-10-8-20(9-11-21)16-7-6-14(18)12-15(16)19;7-6-4-2-1-3-5-6/h6-7,12-13H,3-5,8-11H2,1-2H3;1-5H. The zero-order chi connectivity index (χ0) is 21.2. The van der Waals surface area contributed by atoms with Crippen molar-refractivity contribution in [2.45, 2.75) is 33.1 Å². The lowest BCUT2D eigenvalue weighted by Crippen LogP contribution is -2.48. The zero-order valence-corrected chi connectivity index (χ0v) is 19.4. The molecule has 0 aromatic heterocycles. The quantitative estimate of drug-likeness (QED) is 0.494. The van der Waals surface area contributed by atoms with Gasteiger partial charge in [-0.3, -0.25) is 4.79 Å². The van der Waals surface area contributed by atoms with Crippen LogP contribution < -0.4 is 4.90 Å². The smallest absolute Gasteiger partial charge is 0.222 e. The van der Waals surface area contributed by atoms with Crippen molar-refractivity contribution in [1.29, 1.82) is 0 Å². The number of halogens is 3. The van der Waals surface area contributed by atoms with E-state index in [9.17, 15) is 4.79 Å². The third-order valence-electron chi connectivity index (χ3n) is 4.79. The molecule has 0 atom stereocenters. The molecule has 29 heavy (non-hydrogen) atoms. The topological polar surface area (TPSA) is 23.6 Å². The number of hydrogen-bond acceptors (Lipinski definition) is 2. The van der Waals surface area contributed by atoms with Gasteiger partial charge in [0.05, 0.1) is 10.7 Å². The molecule has 0 spiro atoms. The number of carbonyl (C=O) groups excluding carboxylic acids is 1. The van der Waals surface area contributed by atoms with E-state index in [1.54, 1.807) is 6.07 Å². The molecule has 2 aromatic rings. The Morgan fingerprint density at radius 1 is 0.931 bits per heavy atom. The van der Waals surface area contributed by atoms with E-state index in [0.29, 0.717) is 22.4 Å². The summed E-state index contributed by atoms with van der Waals surface area (Å²) in [7, 11) is 0. The van der Waals surface area contributed by atoms with E-state index in [4.69, 9.17) is 34.8 Å². The van der Waals surface area contributed by atoms with Crippen LogP contribution in [-0.2, 0) is 4.79 Å². The number of carbonyl (C=O) groups is 1. The van der Waals surface area contributed by atoms with E-state index in [1.165, 1.54) is 0 Å². The first-order chi connectivity index (χ1) is 13.9. The molecule has 0 radical (unpaired) electrons. The highest BCUT2D eigenvalue weighted by Crippen LogP contribution is 2.29. The van der Waals surface area contributed by atoms with Gasteiger partial charge in [0.2, 0.25) is 5.91 Å². The highest BCUT2D eigenvalue weighted by atomic mass is 35.5. The Bertz CT molecular complexity index is 760. The molecule has 0 aliphatic carbocycles. The Morgan fingerprint density at radius 2 is 1.59 bits per heavy atom. The lowest BCUT2D eigenvalue weighted by Gasteiger charge is -2.36. The molecule has 1 aliphatic heterocycles. The van der Waals surface area contributed by atoms with E-state index in [-0.39, 0.29) is 5.91 Å². The van der Waals surface area contributed by atoms with Crippen molar-refractivity contribution in [3.63, 3.8) is 0 Å². The maximum Gasteiger partial charge on any atom is 0.222 e. The number of nitrogens with zero attached hydrogens (tertiary/aromatic N) is 2. The number of amides is 1. The van der Waals surface area contributed by atoms with Gasteiger partial charge >= 0.3 is 0 Å². The van der Waals surface area contributed by atoms with Gasteiger partial charge in [-0.15, -0.1) is 0 Å². The van der Waals surface area contributed by atoms with Crippen LogP contribution in [0.15, 0.2) is 48.5 Å². The van der Waals surface area contributed by atoms with Gasteiger partial charge in [0.15, 0.2) is 0 Å². The Balaban J connectivity index is 0.000000360. The van der Waals surface area contributed by atoms with Crippen LogP contribution in [-0.4, -0.2) is 37.0 Å². The molecular formula is C23H29Cl3N2O. The maximum absolute atomic E-state index is 12.2. The van der Waals surface area contributed by atoms with Crippen LogP contribution >= 0.6 is 34.8 Å². The minimum atomic E-state index is 0.280. The lowest BCUT2D eigenvalue weighted by atomic mass is 10.1. The second-order valence-electron chi connectivity index (χ2n) is 7.55. The van der Waals surface area contributed by atoms with Crippen LogP contribution in [0.5, 0.6) is 0 Å². The molecule has 6 heteroatoms. The second-order valence-corrected chi connectivity index (χ2v) is 8.83. The zero-order valence-electron chi connectivity index (χ0n) is 17.1. The van der Waals surface area contributed by atoms with Crippen LogP contribution in [0, 0.1) is 5.92 Å². The van der Waals surface area contributed by atoms with Crippen LogP contribution in [0.4, 0.5) is 5.69 Å². The molecule has 0 N–H and O–H groups in total. The lowest BCUT2D eigenvalue weighted by molar-refractivity contribution is -0.131. The molecule has 3 rings (SSSR count). The number of benzene rings is 2. The van der Waals surface area contributed by atoms with Gasteiger partial charge < -0.3 is 9.80 Å². The number of hydrogen-bond donors (Lipinski definition) is 0. The Labute approximate surface area is 189 Å². The molecule has 1 amide bonds. The van der Waals surface area contributed by atoms with Crippen molar-refractivity contribution >= 4 is 46.4 Å². The average molecular weight is 456 g/mol. The summed E-state index contributed by atoms with van der Waals surface area (Å²) in [5.41, 5.74) is 0.998. The van der Waals surface area contributed by atoms with Crippen molar-refractivity contribution in [1.82, 2.24) is 4.90 Å². The fraction of sp³-hybridized carbons (Fsp3) is 0.435. The molecule has 2 aromatic carbocycles. The highest BCUT2D eigenvalue weighted by molar-refractivity contribution is 6.36. The monoisotopic (exact) mass is 454 g/mol. The van der Waals surface area contributed by atoms with Gasteiger partial charge in [0.25, 0.3) is 0 Å². The van der Waals surface area contributed by atoms with Crippen molar-refractivity contribution in [2.75, 3.05) is 31.1 Å². The molecule has 0 saturated carbocycles. The summed E-state index contributed by atoms with van der Waals surface area (Å²) >= 11 is 17.7. The SMILES string of the molecule is CC(C)CCCC(=O)N1CCN(c2ccc(Cl)cc2Cl)CC1.Clc1ccccc1. The Kier molecular flexibility index (Phi) is 10.1. The van der Waals surface area contributed by atoms with Crippen LogP contribution in [0.25, 0.3) is 0 Å². The van der Waals surface area contributed by atoms with Crippen molar-refractivity contribution < 1.29 is 4.79 Å². The molecule has 1 fully saturated rings. The van der Waals surface area contributed by atoms with Crippen molar-refractivity contribution in [3.05, 3.63) is 63.6 Å². The number of anilines is 1. The first-order valence-electron chi connectivity index (χ1n) is 10.0. The van der Waals surface area contributed by atoms with Crippen molar-refractivity contribution in [2.24, 2.45) is 5.92 Å². The van der Waals surface area contributed by atoms with E-state index in [0.717, 1.165) is 49.7 Å². The third kappa shape index (κ3) is 8.46. The minimum Gasteiger partial charge on any atom is -0.367 e. The molecular weight excluding hydrogens is 427 g/mol. The third-order valence-corrected chi connectivity index (χ3v) is 5.58. The predicted octanol–water partition coefficient (Wildman–Crippen LogP) is 6.81. The molecule has 1 saturated heterocycles. The molecule has 0 bridgehead atoms. The Hall–Kier alpha value is -1.42. The summed E-state index contributed by atoms with van der Waals surface area (Å²) in [5, 5.41) is 2.11. The first-order valence-corrected chi connectivity index (χ1v) is 11.2. The van der Waals surface area contributed by atoms with Crippen LogP contribution in [0.1, 0.15) is 33.1 Å². The summed E-state index contributed by atoms with van der Waals surface area (Å²) in [5.74, 6) is 0.944. The first kappa shape index (κ1) is 23.9. The molecule has 3 nitrogen and oxygen atoms in total. The fourth-order valence-electron chi connectivity index (χ4n) is 3.17. The van der Waals surface area contributed by atoms with E-state index >= 15 is 0 Å². The normalized spacial score (nSPS) is 13.9. The van der Waals surface area contributed by atoms with E-state index in [1.807, 2.05) is 47.4 Å². The van der Waals surface area contributed by atoms with Gasteiger partial charge in [-0.05, 0) is 42.7 Å². The summed E-state index contributed by atoms with van der Waals surface area (Å²) in [6, 6.07) is 15.0. The molecule has 0 unspecified atom stereocenters. The van der Waals surface area contributed by atoms with Gasteiger partial charge in [0.1, 0.15) is 0 Å². The summed E-state index contributed by atoms with van der Waals surface area (Å²) in [6.07, 6.45) is 2.77. The van der Waals surface area contributed by atoms with Crippen LogP contribution in [0.2, 0.25) is 15.1 Å². The highest BCUT2D eigenvalue weighted by Gasteiger charge is 2.22. The van der Waals surface area contributed by atoms with E-state index in [2.05, 4.69) is 18.7 Å². The minimum absolute atomic E-state index is 0.280. The van der Waals surface area contributed by atoms with Gasteiger partial charge in [0, 0.05) is 42.6 Å². The summed E-state index contributed by atoms with van der Waals surface area (Å²) in [4.78, 5) is 16.4. The Morgan fingerprint density at radius 3 is 2.10 bits per heavy atom. The number of rotatable bonds is 5. The largest absolute Gasteiger partial charge is 0.367 e. The van der Waals surface area contributed by atoms with Crippen molar-refractivity contribution in [3.8, 4) is 0 Å².